The van der Waals surface area contributed by atoms with E-state index in [0.29, 0.717) is 17.8 Å². The third kappa shape index (κ3) is 2.98. The lowest BCUT2D eigenvalue weighted by Crippen LogP contribution is -2.28. The molecule has 4 heteroatoms. The van der Waals surface area contributed by atoms with Crippen molar-refractivity contribution in [2.45, 2.75) is 13.0 Å². The second-order valence-corrected chi connectivity index (χ2v) is 6.19. The summed E-state index contributed by atoms with van der Waals surface area (Å²) in [5.74, 6) is 0.0204. The van der Waals surface area contributed by atoms with Crippen LogP contribution >= 0.6 is 0 Å². The Morgan fingerprint density at radius 2 is 1.68 bits per heavy atom. The molecule has 0 saturated heterocycles. The number of carbonyl (C=O) groups is 1. The van der Waals surface area contributed by atoms with E-state index in [-0.39, 0.29) is 12.3 Å². The fourth-order valence-electron chi connectivity index (χ4n) is 3.12. The SMILES string of the molecule is CN(Cc1cccc2ccccc12)C(=O)Cc1noc2ccccc12. The van der Waals surface area contributed by atoms with Gasteiger partial charge in [0.05, 0.1) is 6.42 Å². The van der Waals surface area contributed by atoms with Gasteiger partial charge in [0.25, 0.3) is 0 Å². The molecule has 0 unspecified atom stereocenters. The Balaban J connectivity index is 1.54. The van der Waals surface area contributed by atoms with Crippen molar-refractivity contribution >= 4 is 27.6 Å². The standard InChI is InChI=1S/C21H18N2O2/c1-23(14-16-9-6-8-15-7-2-3-10-17(15)16)21(24)13-19-18-11-4-5-12-20(18)25-22-19/h2-12H,13-14H2,1H3. The molecule has 0 atom stereocenters. The molecule has 0 fully saturated rings. The van der Waals surface area contributed by atoms with Gasteiger partial charge >= 0.3 is 0 Å². The maximum Gasteiger partial charge on any atom is 0.228 e. The first-order valence-corrected chi connectivity index (χ1v) is 8.26. The van der Waals surface area contributed by atoms with E-state index in [2.05, 4.69) is 29.4 Å². The lowest BCUT2D eigenvalue weighted by molar-refractivity contribution is -0.129. The predicted octanol–water partition coefficient (Wildman–Crippen LogP) is 4.18. The largest absolute Gasteiger partial charge is 0.356 e. The average molecular weight is 330 g/mol. The number of hydrogen-bond acceptors (Lipinski definition) is 3. The van der Waals surface area contributed by atoms with Crippen LogP contribution in [0, 0.1) is 0 Å². The highest BCUT2D eigenvalue weighted by atomic mass is 16.5. The molecule has 25 heavy (non-hydrogen) atoms. The van der Waals surface area contributed by atoms with E-state index >= 15 is 0 Å². The van der Waals surface area contributed by atoms with E-state index in [1.54, 1.807) is 4.90 Å². The van der Waals surface area contributed by atoms with Crippen LogP contribution in [0.3, 0.4) is 0 Å². The average Bonchev–Trinajstić information content (AvgIpc) is 3.05. The van der Waals surface area contributed by atoms with Crippen molar-refractivity contribution in [2.75, 3.05) is 7.05 Å². The number of amides is 1. The number of benzene rings is 3. The van der Waals surface area contributed by atoms with E-state index in [9.17, 15) is 4.79 Å². The molecule has 0 bridgehead atoms. The van der Waals surface area contributed by atoms with E-state index in [4.69, 9.17) is 4.52 Å². The van der Waals surface area contributed by atoms with Crippen molar-refractivity contribution in [1.29, 1.82) is 0 Å². The van der Waals surface area contributed by atoms with Crippen molar-refractivity contribution < 1.29 is 9.32 Å². The van der Waals surface area contributed by atoms with Gasteiger partial charge in [-0.05, 0) is 28.5 Å². The third-order valence-electron chi connectivity index (χ3n) is 4.48. The van der Waals surface area contributed by atoms with Crippen LogP contribution in [0.5, 0.6) is 0 Å². The summed E-state index contributed by atoms with van der Waals surface area (Å²) in [5, 5.41) is 7.31. The van der Waals surface area contributed by atoms with E-state index in [0.717, 1.165) is 10.9 Å². The van der Waals surface area contributed by atoms with Crippen LogP contribution in [-0.4, -0.2) is 23.0 Å². The van der Waals surface area contributed by atoms with E-state index in [1.165, 1.54) is 10.8 Å². The number of fused-ring (bicyclic) bond motifs is 2. The van der Waals surface area contributed by atoms with Crippen LogP contribution in [0.1, 0.15) is 11.3 Å². The first-order valence-electron chi connectivity index (χ1n) is 8.26. The molecular weight excluding hydrogens is 312 g/mol. The topological polar surface area (TPSA) is 46.3 Å². The molecule has 0 saturated carbocycles. The molecule has 4 rings (SSSR count). The molecular formula is C21H18N2O2. The zero-order valence-corrected chi connectivity index (χ0v) is 14.0. The van der Waals surface area contributed by atoms with Crippen LogP contribution in [0.25, 0.3) is 21.7 Å². The van der Waals surface area contributed by atoms with Gasteiger partial charge in [-0.25, -0.2) is 0 Å². The molecule has 4 aromatic rings. The molecule has 0 spiro atoms. The van der Waals surface area contributed by atoms with E-state index < -0.39 is 0 Å². The first kappa shape index (κ1) is 15.4. The third-order valence-corrected chi connectivity index (χ3v) is 4.48. The maximum atomic E-state index is 12.6. The minimum absolute atomic E-state index is 0.0204. The van der Waals surface area contributed by atoms with Gasteiger partial charge in [-0.2, -0.15) is 0 Å². The zero-order chi connectivity index (χ0) is 17.2. The Kier molecular flexibility index (Phi) is 3.94. The van der Waals surface area contributed by atoms with Gasteiger partial charge in [0.1, 0.15) is 5.69 Å². The molecule has 0 aliphatic carbocycles. The number of aromatic nitrogens is 1. The fraction of sp³-hybridized carbons (Fsp3) is 0.143. The summed E-state index contributed by atoms with van der Waals surface area (Å²) in [5.41, 5.74) is 2.53. The molecule has 1 heterocycles. The lowest BCUT2D eigenvalue weighted by atomic mass is 10.0. The molecule has 0 N–H and O–H groups in total. The highest BCUT2D eigenvalue weighted by Gasteiger charge is 2.16. The zero-order valence-electron chi connectivity index (χ0n) is 14.0. The molecule has 3 aromatic carbocycles. The quantitative estimate of drug-likeness (QED) is 0.564. The summed E-state index contributed by atoms with van der Waals surface area (Å²) in [6.45, 7) is 0.565. The minimum Gasteiger partial charge on any atom is -0.356 e. The highest BCUT2D eigenvalue weighted by Crippen LogP contribution is 2.21. The molecule has 0 aliphatic heterocycles. The molecule has 1 aromatic heterocycles. The second kappa shape index (κ2) is 6.40. The summed E-state index contributed by atoms with van der Waals surface area (Å²) in [7, 11) is 1.83. The van der Waals surface area contributed by atoms with Gasteiger partial charge in [-0.3, -0.25) is 4.79 Å². The second-order valence-electron chi connectivity index (χ2n) is 6.19. The normalized spacial score (nSPS) is 11.1. The minimum atomic E-state index is 0.0204. The van der Waals surface area contributed by atoms with Crippen molar-refractivity contribution in [3.8, 4) is 0 Å². The predicted molar refractivity (Wildman–Crippen MR) is 98.1 cm³/mol. The Labute approximate surface area is 145 Å². The number of likely N-dealkylation sites (N-methyl/N-ethyl adjacent to an activating group) is 1. The summed E-state index contributed by atoms with van der Waals surface area (Å²) in [6.07, 6.45) is 0.234. The summed E-state index contributed by atoms with van der Waals surface area (Å²) in [6, 6.07) is 22.0. The summed E-state index contributed by atoms with van der Waals surface area (Å²) < 4.78 is 5.28. The van der Waals surface area contributed by atoms with Crippen molar-refractivity contribution in [3.05, 3.63) is 78.0 Å². The van der Waals surface area contributed by atoms with Gasteiger partial charge in [0.15, 0.2) is 5.58 Å². The van der Waals surface area contributed by atoms with Gasteiger partial charge in [-0.15, -0.1) is 0 Å². The monoisotopic (exact) mass is 330 g/mol. The van der Waals surface area contributed by atoms with E-state index in [1.807, 2.05) is 49.5 Å². The Hall–Kier alpha value is -3.14. The van der Waals surface area contributed by atoms with Crippen molar-refractivity contribution in [1.82, 2.24) is 10.1 Å². The fourth-order valence-corrected chi connectivity index (χ4v) is 3.12. The summed E-state index contributed by atoms with van der Waals surface area (Å²) in [4.78, 5) is 14.4. The van der Waals surface area contributed by atoms with Gasteiger partial charge in [-0.1, -0.05) is 59.8 Å². The number of rotatable bonds is 4. The molecule has 0 aliphatic rings. The van der Waals surface area contributed by atoms with Gasteiger partial charge in [0, 0.05) is 19.0 Å². The number of hydrogen-bond donors (Lipinski definition) is 0. The van der Waals surface area contributed by atoms with Crippen LogP contribution < -0.4 is 0 Å². The van der Waals surface area contributed by atoms with Crippen LogP contribution in [0.15, 0.2) is 71.3 Å². The number of nitrogens with zero attached hydrogens (tertiary/aromatic N) is 2. The van der Waals surface area contributed by atoms with Gasteiger partial charge in [0.2, 0.25) is 5.91 Å². The lowest BCUT2D eigenvalue weighted by Gasteiger charge is -2.18. The van der Waals surface area contributed by atoms with Crippen LogP contribution in [0.4, 0.5) is 0 Å². The molecule has 0 radical (unpaired) electrons. The van der Waals surface area contributed by atoms with Gasteiger partial charge < -0.3 is 9.42 Å². The molecule has 4 nitrogen and oxygen atoms in total. The Bertz CT molecular complexity index is 1050. The highest BCUT2D eigenvalue weighted by molar-refractivity contribution is 5.88. The maximum absolute atomic E-state index is 12.6. The van der Waals surface area contributed by atoms with Crippen LogP contribution in [0.2, 0.25) is 0 Å². The Morgan fingerprint density at radius 1 is 0.960 bits per heavy atom. The molecule has 124 valence electrons. The Morgan fingerprint density at radius 3 is 2.56 bits per heavy atom. The van der Waals surface area contributed by atoms with Crippen LogP contribution in [-0.2, 0) is 17.8 Å². The number of para-hydroxylation sites is 1. The van der Waals surface area contributed by atoms with Crippen molar-refractivity contribution in [3.63, 3.8) is 0 Å². The molecule has 1 amide bonds. The summed E-state index contributed by atoms with van der Waals surface area (Å²) >= 11 is 0. The smallest absolute Gasteiger partial charge is 0.228 e. The number of carbonyl (C=O) groups excluding carboxylic acids is 1. The van der Waals surface area contributed by atoms with Crippen molar-refractivity contribution in [2.24, 2.45) is 0 Å². The first-order chi connectivity index (χ1) is 12.2.